The first-order valence-corrected chi connectivity index (χ1v) is 8.47. The number of fused-ring (bicyclic) bond motifs is 1. The van der Waals surface area contributed by atoms with E-state index in [9.17, 15) is 4.79 Å². The summed E-state index contributed by atoms with van der Waals surface area (Å²) in [5.74, 6) is 1.36. The minimum absolute atomic E-state index is 0.00481. The average Bonchev–Trinajstić information content (AvgIpc) is 2.46. The molecule has 1 atom stereocenters. The molecule has 0 radical (unpaired) electrons. The first-order chi connectivity index (χ1) is 10.9. The predicted octanol–water partition coefficient (Wildman–Crippen LogP) is 4.42. The van der Waals surface area contributed by atoms with Crippen molar-refractivity contribution in [3.05, 3.63) is 35.9 Å². The number of carbonyl (C=O) groups is 1. The number of amides is 2. The summed E-state index contributed by atoms with van der Waals surface area (Å²) >= 11 is 0. The van der Waals surface area contributed by atoms with Gasteiger partial charge in [-0.25, -0.2) is 4.79 Å². The molecule has 1 heterocycles. The van der Waals surface area contributed by atoms with Crippen LogP contribution in [0.25, 0.3) is 5.76 Å². The second kappa shape index (κ2) is 7.53. The van der Waals surface area contributed by atoms with Crippen LogP contribution in [-0.4, -0.2) is 24.7 Å². The third-order valence-corrected chi connectivity index (χ3v) is 3.75. The van der Waals surface area contributed by atoms with Gasteiger partial charge in [-0.2, -0.15) is 0 Å². The fourth-order valence-electron chi connectivity index (χ4n) is 2.92. The normalized spacial score (nSPS) is 17.1. The Morgan fingerprint density at radius 1 is 1.26 bits per heavy atom. The Kier molecular flexibility index (Phi) is 5.69. The molecular formula is C19H28N2O2. The van der Waals surface area contributed by atoms with Crippen molar-refractivity contribution in [2.24, 2.45) is 5.92 Å². The first-order valence-electron chi connectivity index (χ1n) is 8.47. The van der Waals surface area contributed by atoms with E-state index in [2.05, 4.69) is 25.2 Å². The van der Waals surface area contributed by atoms with E-state index in [0.717, 1.165) is 23.4 Å². The van der Waals surface area contributed by atoms with Gasteiger partial charge in [-0.05, 0) is 51.3 Å². The number of nitrogens with zero attached hydrogens (tertiary/aromatic N) is 1. The molecule has 0 aliphatic carbocycles. The maximum atomic E-state index is 12.8. The van der Waals surface area contributed by atoms with Crippen LogP contribution in [0.5, 0.6) is 0 Å². The molecule has 4 nitrogen and oxygen atoms in total. The highest BCUT2D eigenvalue weighted by Crippen LogP contribution is 2.36. The van der Waals surface area contributed by atoms with Crippen molar-refractivity contribution in [1.29, 1.82) is 0 Å². The smallest absolute Gasteiger partial charge is 0.322 e. The summed E-state index contributed by atoms with van der Waals surface area (Å²) in [6.07, 6.45) is 2.99. The van der Waals surface area contributed by atoms with Crippen LogP contribution in [-0.2, 0) is 4.74 Å². The molecule has 1 unspecified atom stereocenters. The van der Waals surface area contributed by atoms with Crippen molar-refractivity contribution in [3.63, 3.8) is 0 Å². The lowest BCUT2D eigenvalue weighted by Crippen LogP contribution is -2.49. The van der Waals surface area contributed by atoms with Crippen LogP contribution < -0.4 is 10.2 Å². The van der Waals surface area contributed by atoms with Crippen LogP contribution in [0.15, 0.2) is 30.3 Å². The highest BCUT2D eigenvalue weighted by molar-refractivity contribution is 5.98. The Hall–Kier alpha value is -1.97. The molecule has 0 fully saturated rings. The van der Waals surface area contributed by atoms with Crippen LogP contribution in [0.2, 0.25) is 0 Å². The lowest BCUT2D eigenvalue weighted by molar-refractivity contribution is 0.241. The lowest BCUT2D eigenvalue weighted by atomic mass is 9.95. The Labute approximate surface area is 139 Å². The van der Waals surface area contributed by atoms with Gasteiger partial charge in [0.2, 0.25) is 0 Å². The Morgan fingerprint density at radius 2 is 1.96 bits per heavy atom. The number of urea groups is 1. The van der Waals surface area contributed by atoms with Crippen LogP contribution in [0.3, 0.4) is 0 Å². The van der Waals surface area contributed by atoms with Crippen LogP contribution in [0.4, 0.5) is 10.5 Å². The standard InChI is InChI=1S/C19H28N2O2/c1-6-23-18-12-15(11-13(2)3)21(19(22)20-14(4)5)17-10-8-7-9-16(17)18/h7-10,12-15H,6,11H2,1-5H3,(H,20,22). The largest absolute Gasteiger partial charge is 0.493 e. The van der Waals surface area contributed by atoms with E-state index in [1.807, 2.05) is 49.9 Å². The van der Waals surface area contributed by atoms with Gasteiger partial charge in [-0.3, -0.25) is 4.90 Å². The molecule has 4 heteroatoms. The third-order valence-electron chi connectivity index (χ3n) is 3.75. The van der Waals surface area contributed by atoms with Gasteiger partial charge in [-0.15, -0.1) is 0 Å². The van der Waals surface area contributed by atoms with Gasteiger partial charge < -0.3 is 10.1 Å². The lowest BCUT2D eigenvalue weighted by Gasteiger charge is -2.37. The fraction of sp³-hybridized carbons (Fsp3) is 0.526. The Morgan fingerprint density at radius 3 is 2.57 bits per heavy atom. The molecule has 23 heavy (non-hydrogen) atoms. The van der Waals surface area contributed by atoms with Gasteiger partial charge in [0.05, 0.1) is 18.3 Å². The minimum atomic E-state index is -0.0510. The van der Waals surface area contributed by atoms with Crippen molar-refractivity contribution in [2.45, 2.75) is 53.1 Å². The molecule has 126 valence electrons. The molecular weight excluding hydrogens is 288 g/mol. The van der Waals surface area contributed by atoms with E-state index in [-0.39, 0.29) is 18.1 Å². The van der Waals surface area contributed by atoms with E-state index in [0.29, 0.717) is 12.5 Å². The van der Waals surface area contributed by atoms with E-state index in [1.54, 1.807) is 0 Å². The third kappa shape index (κ3) is 4.06. The quantitative estimate of drug-likeness (QED) is 0.874. The summed E-state index contributed by atoms with van der Waals surface area (Å²) in [5.41, 5.74) is 1.90. The predicted molar refractivity (Wildman–Crippen MR) is 95.4 cm³/mol. The van der Waals surface area contributed by atoms with E-state index in [4.69, 9.17) is 4.74 Å². The molecule has 1 aromatic carbocycles. The molecule has 1 aliphatic heterocycles. The number of carbonyl (C=O) groups excluding carboxylic acids is 1. The monoisotopic (exact) mass is 316 g/mol. The fourth-order valence-corrected chi connectivity index (χ4v) is 2.92. The van der Waals surface area contributed by atoms with E-state index < -0.39 is 0 Å². The number of benzene rings is 1. The van der Waals surface area contributed by atoms with Gasteiger partial charge in [0.1, 0.15) is 5.76 Å². The van der Waals surface area contributed by atoms with Crippen molar-refractivity contribution >= 4 is 17.5 Å². The number of anilines is 1. The van der Waals surface area contributed by atoms with Crippen LogP contribution in [0.1, 0.15) is 46.6 Å². The molecule has 0 bridgehead atoms. The SMILES string of the molecule is CCOC1=CC(CC(C)C)N(C(=O)NC(C)C)c2ccccc21. The Bertz CT molecular complexity index is 578. The molecule has 0 aromatic heterocycles. The zero-order valence-corrected chi connectivity index (χ0v) is 14.8. The van der Waals surface area contributed by atoms with Gasteiger partial charge in [0, 0.05) is 11.6 Å². The number of ether oxygens (including phenoxy) is 1. The maximum Gasteiger partial charge on any atom is 0.322 e. The van der Waals surface area contributed by atoms with Crippen molar-refractivity contribution in [3.8, 4) is 0 Å². The number of rotatable bonds is 5. The number of hydrogen-bond acceptors (Lipinski definition) is 2. The molecule has 0 saturated heterocycles. The average molecular weight is 316 g/mol. The number of para-hydroxylation sites is 1. The highest BCUT2D eigenvalue weighted by atomic mass is 16.5. The summed E-state index contributed by atoms with van der Waals surface area (Å²) in [4.78, 5) is 14.6. The zero-order valence-electron chi connectivity index (χ0n) is 14.8. The zero-order chi connectivity index (χ0) is 17.0. The highest BCUT2D eigenvalue weighted by Gasteiger charge is 2.32. The summed E-state index contributed by atoms with van der Waals surface area (Å²) in [6.45, 7) is 10.9. The van der Waals surface area contributed by atoms with Crippen molar-refractivity contribution in [1.82, 2.24) is 5.32 Å². The van der Waals surface area contributed by atoms with Crippen molar-refractivity contribution < 1.29 is 9.53 Å². The first kappa shape index (κ1) is 17.4. The second-order valence-electron chi connectivity index (χ2n) is 6.65. The van der Waals surface area contributed by atoms with Crippen molar-refractivity contribution in [2.75, 3.05) is 11.5 Å². The molecule has 1 N–H and O–H groups in total. The summed E-state index contributed by atoms with van der Waals surface area (Å²) < 4.78 is 5.83. The van der Waals surface area contributed by atoms with Crippen LogP contribution >= 0.6 is 0 Å². The molecule has 1 aromatic rings. The van der Waals surface area contributed by atoms with Gasteiger partial charge in [-0.1, -0.05) is 26.0 Å². The van der Waals surface area contributed by atoms with Gasteiger partial charge in [0.25, 0.3) is 0 Å². The molecule has 0 saturated carbocycles. The minimum Gasteiger partial charge on any atom is -0.493 e. The van der Waals surface area contributed by atoms with Gasteiger partial charge in [0.15, 0.2) is 0 Å². The summed E-state index contributed by atoms with van der Waals surface area (Å²) in [6, 6.07) is 8.01. The summed E-state index contributed by atoms with van der Waals surface area (Å²) in [5, 5.41) is 3.02. The number of nitrogens with one attached hydrogen (secondary N) is 1. The molecule has 2 rings (SSSR count). The Balaban J connectivity index is 2.45. The molecule has 1 aliphatic rings. The molecule has 0 spiro atoms. The molecule has 2 amide bonds. The maximum absolute atomic E-state index is 12.8. The van der Waals surface area contributed by atoms with E-state index >= 15 is 0 Å². The van der Waals surface area contributed by atoms with Gasteiger partial charge >= 0.3 is 6.03 Å². The van der Waals surface area contributed by atoms with E-state index in [1.165, 1.54) is 0 Å². The summed E-state index contributed by atoms with van der Waals surface area (Å²) in [7, 11) is 0. The number of hydrogen-bond donors (Lipinski definition) is 1. The second-order valence-corrected chi connectivity index (χ2v) is 6.65. The topological polar surface area (TPSA) is 41.6 Å². The van der Waals surface area contributed by atoms with Crippen LogP contribution in [0, 0.1) is 5.92 Å².